The minimum atomic E-state index is -0.669. The molecule has 1 N–H and O–H groups in total. The quantitative estimate of drug-likeness (QED) is 0.827. The molecule has 21 heavy (non-hydrogen) atoms. The molecule has 1 aliphatic rings. The Labute approximate surface area is 128 Å². The number of fused-ring (bicyclic) bond motifs is 1. The average Bonchev–Trinajstić information content (AvgIpc) is 2.83. The molecule has 2 aromatic rings. The van der Waals surface area contributed by atoms with Gasteiger partial charge in [0, 0.05) is 18.1 Å². The van der Waals surface area contributed by atoms with Gasteiger partial charge in [0.15, 0.2) is 0 Å². The molecule has 0 aliphatic carbocycles. The lowest BCUT2D eigenvalue weighted by Crippen LogP contribution is -2.24. The molecule has 1 atom stereocenters. The summed E-state index contributed by atoms with van der Waals surface area (Å²) in [7, 11) is 0. The zero-order valence-electron chi connectivity index (χ0n) is 10.8. The zero-order valence-corrected chi connectivity index (χ0v) is 12.4. The van der Waals surface area contributed by atoms with E-state index < -0.39 is 11.6 Å². The van der Waals surface area contributed by atoms with Crippen LogP contribution >= 0.6 is 15.9 Å². The SMILES string of the molecule is Fc1ccc2c(c1)CC(CNc1cc(Br)c(F)cc1F)O2. The van der Waals surface area contributed by atoms with Gasteiger partial charge in [-0.05, 0) is 40.2 Å². The largest absolute Gasteiger partial charge is 0.488 e. The molecule has 0 saturated carbocycles. The summed E-state index contributed by atoms with van der Waals surface area (Å²) in [5, 5.41) is 2.88. The number of nitrogens with one attached hydrogen (secondary N) is 1. The van der Waals surface area contributed by atoms with Gasteiger partial charge in [-0.3, -0.25) is 0 Å². The van der Waals surface area contributed by atoms with Gasteiger partial charge in [0.2, 0.25) is 0 Å². The van der Waals surface area contributed by atoms with E-state index in [1.54, 1.807) is 6.07 Å². The Morgan fingerprint density at radius 1 is 1.14 bits per heavy atom. The standard InChI is InChI=1S/C15H11BrF3NO/c16-11-5-14(13(19)6-12(11)18)20-7-10-4-8-3-9(17)1-2-15(8)21-10/h1-3,5-6,10,20H,4,7H2. The van der Waals surface area contributed by atoms with Gasteiger partial charge < -0.3 is 10.1 Å². The number of hydrogen-bond donors (Lipinski definition) is 1. The molecule has 2 nitrogen and oxygen atoms in total. The maximum Gasteiger partial charge on any atom is 0.149 e. The number of rotatable bonds is 3. The van der Waals surface area contributed by atoms with Crippen LogP contribution in [0.5, 0.6) is 5.75 Å². The van der Waals surface area contributed by atoms with Crippen LogP contribution in [0.3, 0.4) is 0 Å². The molecule has 0 spiro atoms. The molecule has 0 fully saturated rings. The molecule has 1 heterocycles. The van der Waals surface area contributed by atoms with Gasteiger partial charge in [0.1, 0.15) is 29.3 Å². The van der Waals surface area contributed by atoms with Crippen molar-refractivity contribution in [2.75, 3.05) is 11.9 Å². The molecule has 2 aromatic carbocycles. The first-order valence-electron chi connectivity index (χ1n) is 6.36. The van der Waals surface area contributed by atoms with Gasteiger partial charge in [-0.15, -0.1) is 0 Å². The first kappa shape index (κ1) is 14.3. The summed E-state index contributed by atoms with van der Waals surface area (Å²) < 4.78 is 45.7. The lowest BCUT2D eigenvalue weighted by atomic mass is 10.1. The normalized spacial score (nSPS) is 16.5. The van der Waals surface area contributed by atoms with E-state index in [-0.39, 0.29) is 22.1 Å². The summed E-state index contributed by atoms with van der Waals surface area (Å²) in [6.07, 6.45) is 0.328. The molecular formula is C15H11BrF3NO. The van der Waals surface area contributed by atoms with Crippen LogP contribution in [-0.4, -0.2) is 12.6 Å². The minimum Gasteiger partial charge on any atom is -0.488 e. The first-order valence-corrected chi connectivity index (χ1v) is 7.16. The first-order chi connectivity index (χ1) is 10.0. The van der Waals surface area contributed by atoms with Crippen molar-refractivity contribution in [1.29, 1.82) is 0 Å². The monoisotopic (exact) mass is 357 g/mol. The Morgan fingerprint density at radius 2 is 1.95 bits per heavy atom. The van der Waals surface area contributed by atoms with Crippen LogP contribution in [0.1, 0.15) is 5.56 Å². The van der Waals surface area contributed by atoms with Crippen molar-refractivity contribution in [3.8, 4) is 5.75 Å². The Balaban J connectivity index is 1.66. The smallest absolute Gasteiger partial charge is 0.149 e. The van der Waals surface area contributed by atoms with Crippen LogP contribution in [0, 0.1) is 17.5 Å². The summed E-state index contributed by atoms with van der Waals surface area (Å²) in [5.41, 5.74) is 0.983. The van der Waals surface area contributed by atoms with Crippen LogP contribution < -0.4 is 10.1 Å². The highest BCUT2D eigenvalue weighted by atomic mass is 79.9. The number of benzene rings is 2. The van der Waals surface area contributed by atoms with Gasteiger partial charge in [-0.25, -0.2) is 13.2 Å². The van der Waals surface area contributed by atoms with Crippen molar-refractivity contribution in [3.05, 3.63) is 57.8 Å². The average molecular weight is 358 g/mol. The highest BCUT2D eigenvalue weighted by Gasteiger charge is 2.23. The fraction of sp³-hybridized carbons (Fsp3) is 0.200. The van der Waals surface area contributed by atoms with E-state index in [9.17, 15) is 13.2 Å². The summed E-state index contributed by atoms with van der Waals surface area (Å²) in [6.45, 7) is 0.339. The number of halogens is 4. The van der Waals surface area contributed by atoms with Crippen molar-refractivity contribution in [1.82, 2.24) is 0 Å². The molecule has 3 rings (SSSR count). The van der Waals surface area contributed by atoms with Crippen LogP contribution in [-0.2, 0) is 6.42 Å². The highest BCUT2D eigenvalue weighted by Crippen LogP contribution is 2.30. The van der Waals surface area contributed by atoms with Gasteiger partial charge in [-0.1, -0.05) is 0 Å². The van der Waals surface area contributed by atoms with Crippen LogP contribution in [0.25, 0.3) is 0 Å². The van der Waals surface area contributed by atoms with E-state index in [1.165, 1.54) is 18.2 Å². The Hall–Kier alpha value is -1.69. The second-order valence-electron chi connectivity index (χ2n) is 4.82. The van der Waals surface area contributed by atoms with E-state index in [1.807, 2.05) is 0 Å². The van der Waals surface area contributed by atoms with Crippen molar-refractivity contribution in [3.63, 3.8) is 0 Å². The summed E-state index contributed by atoms with van der Waals surface area (Å²) in [5.74, 6) is -0.987. The van der Waals surface area contributed by atoms with Crippen LogP contribution in [0.2, 0.25) is 0 Å². The number of hydrogen-bond acceptors (Lipinski definition) is 2. The van der Waals surface area contributed by atoms with Crippen LogP contribution in [0.15, 0.2) is 34.8 Å². The fourth-order valence-electron chi connectivity index (χ4n) is 2.28. The minimum absolute atomic E-state index is 0.184. The molecule has 1 aliphatic heterocycles. The van der Waals surface area contributed by atoms with E-state index >= 15 is 0 Å². The molecule has 6 heteroatoms. The predicted octanol–water partition coefficient (Wildman–Crippen LogP) is 4.28. The van der Waals surface area contributed by atoms with E-state index in [0.29, 0.717) is 18.7 Å². The van der Waals surface area contributed by atoms with Crippen molar-refractivity contribution < 1.29 is 17.9 Å². The van der Waals surface area contributed by atoms with Crippen molar-refractivity contribution in [2.24, 2.45) is 0 Å². The number of anilines is 1. The Kier molecular flexibility index (Phi) is 3.80. The molecule has 0 amide bonds. The van der Waals surface area contributed by atoms with Crippen molar-refractivity contribution in [2.45, 2.75) is 12.5 Å². The Morgan fingerprint density at radius 3 is 2.76 bits per heavy atom. The van der Waals surface area contributed by atoms with Gasteiger partial charge >= 0.3 is 0 Å². The lowest BCUT2D eigenvalue weighted by molar-refractivity contribution is 0.246. The maximum absolute atomic E-state index is 13.6. The molecular weight excluding hydrogens is 347 g/mol. The zero-order chi connectivity index (χ0) is 15.0. The van der Waals surface area contributed by atoms with E-state index in [0.717, 1.165) is 11.6 Å². The van der Waals surface area contributed by atoms with E-state index in [4.69, 9.17) is 4.74 Å². The molecule has 0 bridgehead atoms. The van der Waals surface area contributed by atoms with Crippen LogP contribution in [0.4, 0.5) is 18.9 Å². The summed E-state index contributed by atoms with van der Waals surface area (Å²) >= 11 is 3.01. The van der Waals surface area contributed by atoms with Gasteiger partial charge in [0.05, 0.1) is 16.7 Å². The van der Waals surface area contributed by atoms with Gasteiger partial charge in [-0.2, -0.15) is 0 Å². The predicted molar refractivity (Wildman–Crippen MR) is 77.1 cm³/mol. The third-order valence-corrected chi connectivity index (χ3v) is 3.90. The third kappa shape index (κ3) is 3.00. The lowest BCUT2D eigenvalue weighted by Gasteiger charge is -2.14. The fourth-order valence-corrected chi connectivity index (χ4v) is 2.63. The second-order valence-corrected chi connectivity index (χ2v) is 5.68. The Bertz CT molecular complexity index is 693. The molecule has 1 unspecified atom stereocenters. The molecule has 0 saturated heterocycles. The topological polar surface area (TPSA) is 21.3 Å². The molecule has 0 radical (unpaired) electrons. The maximum atomic E-state index is 13.6. The summed E-state index contributed by atoms with van der Waals surface area (Å²) in [6, 6.07) is 6.51. The molecule has 110 valence electrons. The van der Waals surface area contributed by atoms with Gasteiger partial charge in [0.25, 0.3) is 0 Å². The van der Waals surface area contributed by atoms with E-state index in [2.05, 4.69) is 21.2 Å². The third-order valence-electron chi connectivity index (χ3n) is 3.29. The molecule has 0 aromatic heterocycles. The number of ether oxygens (including phenoxy) is 1. The van der Waals surface area contributed by atoms with Crippen molar-refractivity contribution >= 4 is 21.6 Å². The second kappa shape index (κ2) is 5.60. The summed E-state index contributed by atoms with van der Waals surface area (Å²) in [4.78, 5) is 0. The highest BCUT2D eigenvalue weighted by molar-refractivity contribution is 9.10.